The predicted molar refractivity (Wildman–Crippen MR) is 58.3 cm³/mol. The van der Waals surface area contributed by atoms with Crippen LogP contribution in [0, 0.1) is 30.9 Å². The Labute approximate surface area is 102 Å². The first-order valence-electron chi connectivity index (χ1n) is 5.23. The molecule has 1 aromatic carbocycles. The van der Waals surface area contributed by atoms with Crippen molar-refractivity contribution >= 4 is 5.69 Å². The zero-order chi connectivity index (χ0) is 13.4. The van der Waals surface area contributed by atoms with Crippen LogP contribution in [0.15, 0.2) is 16.8 Å². The number of aryl methyl sites for hydroxylation is 2. The number of nitrogens with zero attached hydrogens (tertiary/aromatic N) is 3. The Morgan fingerprint density at radius 2 is 2.00 bits per heavy atom. The Morgan fingerprint density at radius 3 is 2.50 bits per heavy atom. The summed E-state index contributed by atoms with van der Waals surface area (Å²) in [7, 11) is 0. The van der Waals surface area contributed by atoms with Crippen LogP contribution in [-0.2, 0) is 0 Å². The van der Waals surface area contributed by atoms with Crippen molar-refractivity contribution in [2.24, 2.45) is 0 Å². The highest BCUT2D eigenvalue weighted by molar-refractivity contribution is 5.57. The fourth-order valence-electron chi connectivity index (χ4n) is 2.14. The highest BCUT2D eigenvalue weighted by atomic mass is 16.6. The molecule has 0 N–H and O–H groups in total. The van der Waals surface area contributed by atoms with Crippen LogP contribution >= 0.6 is 0 Å². The Hall–Kier alpha value is -2.44. The Balaban J connectivity index is 2.75. The number of nitro groups is 1. The van der Waals surface area contributed by atoms with Crippen LogP contribution in [0.25, 0.3) is 5.69 Å². The summed E-state index contributed by atoms with van der Waals surface area (Å²) in [4.78, 5) is 10.6. The van der Waals surface area contributed by atoms with Crippen molar-refractivity contribution < 1.29 is 19.2 Å². The van der Waals surface area contributed by atoms with Gasteiger partial charge in [-0.2, -0.15) is 0 Å². The molecule has 0 bridgehead atoms. The van der Waals surface area contributed by atoms with E-state index in [2.05, 4.69) is 9.79 Å². The minimum absolute atomic E-state index is 0.0264. The van der Waals surface area contributed by atoms with Gasteiger partial charge in [-0.15, -0.1) is 0 Å². The molecule has 0 radical (unpaired) electrons. The lowest BCUT2D eigenvalue weighted by Crippen LogP contribution is -2.34. The summed E-state index contributed by atoms with van der Waals surface area (Å²) >= 11 is 0. The number of hydrogen-bond donors (Lipinski definition) is 0. The van der Waals surface area contributed by atoms with Crippen LogP contribution in [0.5, 0.6) is 5.95 Å². The number of rotatable bonds is 2. The standard InChI is InChI=1S/C11H11N3O4/c1-6-4-7(2)11(14(16)17)8(3)10(6)13-5-9(15)18-12-13/h4-5H,1-3H3. The number of hydrogen-bond acceptors (Lipinski definition) is 5. The van der Waals surface area contributed by atoms with Crippen molar-refractivity contribution in [2.75, 3.05) is 0 Å². The summed E-state index contributed by atoms with van der Waals surface area (Å²) in [6, 6.07) is 1.69. The van der Waals surface area contributed by atoms with E-state index in [1.165, 1.54) is 4.68 Å². The summed E-state index contributed by atoms with van der Waals surface area (Å²) in [5.41, 5.74) is 2.34. The molecule has 94 valence electrons. The van der Waals surface area contributed by atoms with Crippen LogP contribution in [0.4, 0.5) is 5.69 Å². The lowest BCUT2D eigenvalue weighted by Gasteiger charge is -2.04. The Bertz CT molecular complexity index is 633. The van der Waals surface area contributed by atoms with Gasteiger partial charge < -0.3 is 9.63 Å². The predicted octanol–water partition coefficient (Wildman–Crippen LogP) is 0.858. The van der Waals surface area contributed by atoms with Gasteiger partial charge in [0, 0.05) is 11.1 Å². The molecule has 0 aliphatic heterocycles. The van der Waals surface area contributed by atoms with Crippen LogP contribution in [0.2, 0.25) is 0 Å². The molecule has 0 amide bonds. The molecule has 0 saturated heterocycles. The molecular formula is C11H11N3O4. The molecule has 0 spiro atoms. The normalized spacial score (nSPS) is 10.6. The second-order valence-electron chi connectivity index (χ2n) is 4.06. The number of aromatic nitrogens is 2. The molecule has 1 heterocycles. The zero-order valence-corrected chi connectivity index (χ0v) is 10.1. The fraction of sp³-hybridized carbons (Fsp3) is 0.273. The van der Waals surface area contributed by atoms with Crippen molar-refractivity contribution in [1.29, 1.82) is 0 Å². The van der Waals surface area contributed by atoms with Gasteiger partial charge in [0.2, 0.25) is 6.20 Å². The lowest BCUT2D eigenvalue weighted by molar-refractivity contribution is -0.671. The summed E-state index contributed by atoms with van der Waals surface area (Å²) in [5, 5.41) is 25.6. The molecule has 2 rings (SSSR count). The second kappa shape index (κ2) is 4.10. The van der Waals surface area contributed by atoms with Crippen LogP contribution in [0.3, 0.4) is 0 Å². The van der Waals surface area contributed by atoms with E-state index < -0.39 is 10.9 Å². The van der Waals surface area contributed by atoms with Gasteiger partial charge in [0.1, 0.15) is 11.5 Å². The number of benzene rings is 1. The molecule has 7 heteroatoms. The molecule has 0 unspecified atom stereocenters. The van der Waals surface area contributed by atoms with E-state index in [-0.39, 0.29) is 5.69 Å². The molecule has 0 aliphatic carbocycles. The van der Waals surface area contributed by atoms with Gasteiger partial charge in [0.15, 0.2) is 0 Å². The summed E-state index contributed by atoms with van der Waals surface area (Å²) < 4.78 is 5.67. The van der Waals surface area contributed by atoms with E-state index >= 15 is 0 Å². The van der Waals surface area contributed by atoms with Crippen LogP contribution < -0.4 is 9.79 Å². The Kier molecular flexibility index (Phi) is 2.74. The van der Waals surface area contributed by atoms with Gasteiger partial charge in [-0.25, -0.2) is 0 Å². The van der Waals surface area contributed by atoms with E-state index in [1.807, 2.05) is 0 Å². The van der Waals surface area contributed by atoms with E-state index in [0.29, 0.717) is 16.8 Å². The topological polar surface area (TPSA) is 96.1 Å². The fourth-order valence-corrected chi connectivity index (χ4v) is 2.14. The van der Waals surface area contributed by atoms with E-state index in [0.717, 1.165) is 11.8 Å². The third-order valence-electron chi connectivity index (χ3n) is 2.75. The van der Waals surface area contributed by atoms with Gasteiger partial charge in [-0.05, 0) is 31.5 Å². The zero-order valence-electron chi connectivity index (χ0n) is 10.1. The highest BCUT2D eigenvalue weighted by Crippen LogP contribution is 2.28. The van der Waals surface area contributed by atoms with Gasteiger partial charge in [-0.3, -0.25) is 10.1 Å². The minimum Gasteiger partial charge on any atom is -0.539 e. The van der Waals surface area contributed by atoms with Gasteiger partial charge >= 0.3 is 0 Å². The SMILES string of the molecule is Cc1cc(C)c(-[n+]2cc([O-])on2)c(C)c1[N+](=O)[O-]. The molecule has 1 aromatic heterocycles. The molecule has 7 nitrogen and oxygen atoms in total. The first-order valence-corrected chi connectivity index (χ1v) is 5.23. The largest absolute Gasteiger partial charge is 0.539 e. The number of nitro benzene ring substituents is 1. The van der Waals surface area contributed by atoms with Crippen molar-refractivity contribution in [3.8, 4) is 11.6 Å². The molecule has 18 heavy (non-hydrogen) atoms. The second-order valence-corrected chi connectivity index (χ2v) is 4.06. The molecule has 0 fully saturated rings. The average molecular weight is 249 g/mol. The van der Waals surface area contributed by atoms with Crippen LogP contribution in [-0.4, -0.2) is 10.2 Å². The van der Waals surface area contributed by atoms with Crippen molar-refractivity contribution in [1.82, 2.24) is 5.27 Å². The molecule has 2 aromatic rings. The maximum absolute atomic E-state index is 11.0. The Morgan fingerprint density at radius 1 is 1.33 bits per heavy atom. The van der Waals surface area contributed by atoms with Crippen molar-refractivity contribution in [2.45, 2.75) is 20.8 Å². The van der Waals surface area contributed by atoms with Gasteiger partial charge in [-0.1, -0.05) is 0 Å². The minimum atomic E-state index is -0.600. The lowest BCUT2D eigenvalue weighted by atomic mass is 10.0. The first-order chi connectivity index (χ1) is 8.41. The van der Waals surface area contributed by atoms with Crippen molar-refractivity contribution in [3.63, 3.8) is 0 Å². The van der Waals surface area contributed by atoms with Gasteiger partial charge in [0.25, 0.3) is 11.4 Å². The maximum Gasteiger partial charge on any atom is 0.281 e. The van der Waals surface area contributed by atoms with Crippen LogP contribution in [0.1, 0.15) is 16.7 Å². The smallest absolute Gasteiger partial charge is 0.281 e. The first kappa shape index (κ1) is 12.0. The maximum atomic E-state index is 11.0. The van der Waals surface area contributed by atoms with E-state index in [4.69, 9.17) is 0 Å². The van der Waals surface area contributed by atoms with Crippen molar-refractivity contribution in [3.05, 3.63) is 39.1 Å². The quantitative estimate of drug-likeness (QED) is 0.446. The average Bonchev–Trinajstić information content (AvgIpc) is 2.63. The van der Waals surface area contributed by atoms with E-state index in [1.54, 1.807) is 26.8 Å². The summed E-state index contributed by atoms with van der Waals surface area (Å²) in [6.07, 6.45) is 1.15. The molecular weight excluding hydrogens is 238 g/mol. The summed E-state index contributed by atoms with van der Waals surface area (Å²) in [5.74, 6) is -0.600. The molecule has 0 aliphatic rings. The molecule has 0 atom stereocenters. The third-order valence-corrected chi connectivity index (χ3v) is 2.75. The summed E-state index contributed by atoms with van der Waals surface area (Å²) in [6.45, 7) is 5.10. The van der Waals surface area contributed by atoms with Gasteiger partial charge in [0.05, 0.1) is 10.2 Å². The molecule has 0 saturated carbocycles. The third kappa shape index (κ3) is 1.79. The highest BCUT2D eigenvalue weighted by Gasteiger charge is 2.26. The monoisotopic (exact) mass is 249 g/mol. The van der Waals surface area contributed by atoms with E-state index in [9.17, 15) is 15.2 Å².